The van der Waals surface area contributed by atoms with Crippen LogP contribution in [0.3, 0.4) is 0 Å². The minimum absolute atomic E-state index is 0.134. The minimum atomic E-state index is -0.345. The highest BCUT2D eigenvalue weighted by atomic mass is 35.5. The van der Waals surface area contributed by atoms with E-state index in [4.69, 9.17) is 23.2 Å². The van der Waals surface area contributed by atoms with Crippen LogP contribution in [0.15, 0.2) is 30.9 Å². The second kappa shape index (κ2) is 5.84. The van der Waals surface area contributed by atoms with Crippen molar-refractivity contribution in [3.8, 4) is 0 Å². The fourth-order valence-corrected chi connectivity index (χ4v) is 1.72. The third-order valence-electron chi connectivity index (χ3n) is 2.24. The van der Waals surface area contributed by atoms with Crippen molar-refractivity contribution in [2.75, 3.05) is 6.54 Å². The summed E-state index contributed by atoms with van der Waals surface area (Å²) in [6, 6.07) is 3.08. The predicted octanol–water partition coefficient (Wildman–Crippen LogP) is 2.01. The number of pyridine rings is 1. The molecule has 2 rings (SSSR count). The molecule has 1 amide bonds. The van der Waals surface area contributed by atoms with Gasteiger partial charge in [0, 0.05) is 25.5 Å². The fourth-order valence-electron chi connectivity index (χ4n) is 1.38. The molecule has 0 bridgehead atoms. The number of hydrogen-bond acceptors (Lipinski definition) is 3. The topological polar surface area (TPSA) is 59.8 Å². The maximum atomic E-state index is 11.8. The number of carbonyl (C=O) groups excluding carboxylic acids is 1. The summed E-state index contributed by atoms with van der Waals surface area (Å²) >= 11 is 11.6. The number of nitrogens with one attached hydrogen (secondary N) is 1. The van der Waals surface area contributed by atoms with Gasteiger partial charge in [0.25, 0.3) is 5.91 Å². The van der Waals surface area contributed by atoms with E-state index >= 15 is 0 Å². The first kappa shape index (κ1) is 12.9. The van der Waals surface area contributed by atoms with E-state index in [1.54, 1.807) is 18.6 Å². The third-order valence-corrected chi connectivity index (χ3v) is 2.76. The molecule has 2 heterocycles. The summed E-state index contributed by atoms with van der Waals surface area (Å²) < 4.78 is 1.85. The van der Waals surface area contributed by atoms with Crippen LogP contribution in [-0.4, -0.2) is 27.0 Å². The molecule has 0 radical (unpaired) electrons. The van der Waals surface area contributed by atoms with Gasteiger partial charge in [-0.3, -0.25) is 4.79 Å². The quantitative estimate of drug-likeness (QED) is 0.874. The lowest BCUT2D eigenvalue weighted by Gasteiger charge is -2.06. The molecule has 94 valence electrons. The van der Waals surface area contributed by atoms with E-state index in [0.29, 0.717) is 13.1 Å². The summed E-state index contributed by atoms with van der Waals surface area (Å²) in [5.74, 6) is -0.345. The van der Waals surface area contributed by atoms with E-state index in [0.717, 1.165) is 0 Å². The van der Waals surface area contributed by atoms with Crippen molar-refractivity contribution in [3.63, 3.8) is 0 Å². The zero-order valence-corrected chi connectivity index (χ0v) is 10.8. The van der Waals surface area contributed by atoms with Crippen molar-refractivity contribution in [2.24, 2.45) is 0 Å². The third kappa shape index (κ3) is 3.21. The lowest BCUT2D eigenvalue weighted by molar-refractivity contribution is 0.0947. The highest BCUT2D eigenvalue weighted by molar-refractivity contribution is 6.34. The van der Waals surface area contributed by atoms with Crippen LogP contribution in [0.5, 0.6) is 0 Å². The van der Waals surface area contributed by atoms with Crippen LogP contribution in [-0.2, 0) is 6.54 Å². The molecule has 0 saturated carbocycles. The molecule has 0 saturated heterocycles. The number of imidazole rings is 1. The average Bonchev–Trinajstić information content (AvgIpc) is 2.85. The Hall–Kier alpha value is -1.59. The summed E-state index contributed by atoms with van der Waals surface area (Å²) in [6.07, 6.45) is 5.17. The fraction of sp³-hybridized carbons (Fsp3) is 0.182. The molecule has 7 heteroatoms. The Kier molecular flexibility index (Phi) is 4.17. The van der Waals surface area contributed by atoms with Crippen LogP contribution in [0, 0.1) is 0 Å². The van der Waals surface area contributed by atoms with Gasteiger partial charge in [0.2, 0.25) is 0 Å². The van der Waals surface area contributed by atoms with Gasteiger partial charge in [-0.15, -0.1) is 0 Å². The summed E-state index contributed by atoms with van der Waals surface area (Å²) in [5.41, 5.74) is 0.134. The van der Waals surface area contributed by atoms with Gasteiger partial charge in [-0.2, -0.15) is 0 Å². The molecule has 0 aliphatic heterocycles. The van der Waals surface area contributed by atoms with Crippen molar-refractivity contribution in [1.82, 2.24) is 19.9 Å². The number of nitrogens with zero attached hydrogens (tertiary/aromatic N) is 3. The van der Waals surface area contributed by atoms with Crippen LogP contribution >= 0.6 is 23.2 Å². The molecule has 0 aliphatic carbocycles. The molecule has 18 heavy (non-hydrogen) atoms. The van der Waals surface area contributed by atoms with Gasteiger partial charge in [-0.25, -0.2) is 9.97 Å². The van der Waals surface area contributed by atoms with E-state index in [1.807, 2.05) is 10.8 Å². The summed E-state index contributed by atoms with van der Waals surface area (Å²) in [7, 11) is 0. The summed E-state index contributed by atoms with van der Waals surface area (Å²) in [4.78, 5) is 19.6. The van der Waals surface area contributed by atoms with Crippen LogP contribution in [0.2, 0.25) is 10.2 Å². The maximum absolute atomic E-state index is 11.8. The van der Waals surface area contributed by atoms with Crippen LogP contribution < -0.4 is 5.32 Å². The summed E-state index contributed by atoms with van der Waals surface area (Å²) in [5, 5.41) is 3.22. The van der Waals surface area contributed by atoms with E-state index < -0.39 is 0 Å². The van der Waals surface area contributed by atoms with Gasteiger partial charge in [-0.05, 0) is 12.1 Å². The molecule has 0 unspecified atom stereocenters. The Morgan fingerprint density at radius 2 is 2.22 bits per heavy atom. The van der Waals surface area contributed by atoms with Gasteiger partial charge >= 0.3 is 0 Å². The Labute approximate surface area is 114 Å². The lowest BCUT2D eigenvalue weighted by atomic mass is 10.3. The van der Waals surface area contributed by atoms with Crippen LogP contribution in [0.4, 0.5) is 0 Å². The monoisotopic (exact) mass is 284 g/mol. The molecule has 0 spiro atoms. The molecule has 0 aliphatic rings. The number of carbonyl (C=O) groups is 1. The highest BCUT2D eigenvalue weighted by Gasteiger charge is 2.12. The van der Waals surface area contributed by atoms with Gasteiger partial charge in [0.1, 0.15) is 10.8 Å². The Morgan fingerprint density at radius 3 is 2.94 bits per heavy atom. The van der Waals surface area contributed by atoms with Crippen molar-refractivity contribution < 1.29 is 4.79 Å². The van der Waals surface area contributed by atoms with Gasteiger partial charge < -0.3 is 9.88 Å². The molecule has 2 aromatic rings. The Bertz CT molecular complexity index is 542. The average molecular weight is 285 g/mol. The molecule has 0 atom stereocenters. The minimum Gasteiger partial charge on any atom is -0.349 e. The lowest BCUT2D eigenvalue weighted by Crippen LogP contribution is -2.28. The number of aromatic nitrogens is 3. The smallest absolute Gasteiger partial charge is 0.271 e. The van der Waals surface area contributed by atoms with E-state index in [-0.39, 0.29) is 21.8 Å². The standard InChI is InChI=1S/C11H10Cl2N4O/c12-8-1-2-9(13)16-10(8)11(18)15-4-6-17-5-3-14-7-17/h1-3,5,7H,4,6H2,(H,15,18). The number of hydrogen-bond donors (Lipinski definition) is 1. The van der Waals surface area contributed by atoms with Gasteiger partial charge in [0.05, 0.1) is 11.3 Å². The van der Waals surface area contributed by atoms with Crippen molar-refractivity contribution in [1.29, 1.82) is 0 Å². The highest BCUT2D eigenvalue weighted by Crippen LogP contribution is 2.16. The molecular formula is C11H10Cl2N4O. The molecule has 2 aromatic heterocycles. The maximum Gasteiger partial charge on any atom is 0.271 e. The predicted molar refractivity (Wildman–Crippen MR) is 68.8 cm³/mol. The SMILES string of the molecule is O=C(NCCn1ccnc1)c1nc(Cl)ccc1Cl. The second-order valence-corrected chi connectivity index (χ2v) is 4.32. The first-order chi connectivity index (χ1) is 8.66. The zero-order chi connectivity index (χ0) is 13.0. The summed E-state index contributed by atoms with van der Waals surface area (Å²) in [6.45, 7) is 1.09. The second-order valence-electron chi connectivity index (χ2n) is 3.52. The van der Waals surface area contributed by atoms with E-state index in [2.05, 4.69) is 15.3 Å². The molecule has 0 fully saturated rings. The van der Waals surface area contributed by atoms with Crippen molar-refractivity contribution >= 4 is 29.1 Å². The van der Waals surface area contributed by atoms with E-state index in [1.165, 1.54) is 6.07 Å². The van der Waals surface area contributed by atoms with Crippen molar-refractivity contribution in [2.45, 2.75) is 6.54 Å². The van der Waals surface area contributed by atoms with Crippen molar-refractivity contribution in [3.05, 3.63) is 46.7 Å². The number of amides is 1. The number of rotatable bonds is 4. The van der Waals surface area contributed by atoms with Gasteiger partial charge in [-0.1, -0.05) is 23.2 Å². The normalized spacial score (nSPS) is 10.3. The number of halogens is 2. The molecule has 0 aromatic carbocycles. The Balaban J connectivity index is 1.93. The first-order valence-electron chi connectivity index (χ1n) is 5.23. The molecule has 5 nitrogen and oxygen atoms in total. The largest absolute Gasteiger partial charge is 0.349 e. The van der Waals surface area contributed by atoms with Gasteiger partial charge in [0.15, 0.2) is 0 Å². The Morgan fingerprint density at radius 1 is 1.39 bits per heavy atom. The van der Waals surface area contributed by atoms with Crippen LogP contribution in [0.25, 0.3) is 0 Å². The van der Waals surface area contributed by atoms with E-state index in [9.17, 15) is 4.79 Å². The van der Waals surface area contributed by atoms with Crippen LogP contribution in [0.1, 0.15) is 10.5 Å². The molecule has 1 N–H and O–H groups in total. The first-order valence-corrected chi connectivity index (χ1v) is 5.98. The molecular weight excluding hydrogens is 275 g/mol. The zero-order valence-electron chi connectivity index (χ0n) is 9.31.